The molecule has 0 spiro atoms. The van der Waals surface area contributed by atoms with Crippen LogP contribution in [0.5, 0.6) is 0 Å². The van der Waals surface area contributed by atoms with Gasteiger partial charge in [-0.1, -0.05) is 19.1 Å². The highest BCUT2D eigenvalue weighted by Gasteiger charge is 2.27. The summed E-state index contributed by atoms with van der Waals surface area (Å²) in [5, 5.41) is 6.42. The fourth-order valence-electron chi connectivity index (χ4n) is 2.16. The Labute approximate surface area is 107 Å². The topological polar surface area (TPSA) is 28.7 Å². The van der Waals surface area contributed by atoms with E-state index in [0.717, 1.165) is 0 Å². The van der Waals surface area contributed by atoms with Crippen LogP contribution < -0.4 is 0 Å². The van der Waals surface area contributed by atoms with Gasteiger partial charge in [0.05, 0.1) is 10.9 Å². The number of hydrogen-bond donors (Lipinski definition) is 1. The number of hydrogen-bond acceptors (Lipinski definition) is 1. The first-order valence-corrected chi connectivity index (χ1v) is 6.05. The number of halogens is 4. The molecule has 19 heavy (non-hydrogen) atoms. The van der Waals surface area contributed by atoms with Crippen LogP contribution in [0.4, 0.5) is 17.6 Å². The van der Waals surface area contributed by atoms with Gasteiger partial charge in [-0.25, -0.2) is 0 Å². The molecule has 0 radical (unpaired) electrons. The molecule has 0 aliphatic rings. The molecule has 0 fully saturated rings. The van der Waals surface area contributed by atoms with Gasteiger partial charge in [0.1, 0.15) is 0 Å². The first kappa shape index (κ1) is 13.8. The highest BCUT2D eigenvalue weighted by atomic mass is 19.4. The van der Waals surface area contributed by atoms with E-state index < -0.39 is 18.5 Å². The van der Waals surface area contributed by atoms with E-state index in [-0.39, 0.29) is 12.3 Å². The predicted molar refractivity (Wildman–Crippen MR) is 64.2 cm³/mol. The van der Waals surface area contributed by atoms with Crippen molar-refractivity contribution in [3.05, 3.63) is 29.7 Å². The van der Waals surface area contributed by atoms with Crippen LogP contribution in [0.2, 0.25) is 0 Å². The summed E-state index contributed by atoms with van der Waals surface area (Å²) in [5.41, 5.74) is 1.19. The van der Waals surface area contributed by atoms with Crippen LogP contribution in [0, 0.1) is 11.9 Å². The van der Waals surface area contributed by atoms with Crippen LogP contribution in [-0.4, -0.2) is 16.4 Å². The number of nitrogens with zero attached hydrogens (tertiary/aromatic N) is 1. The molecule has 0 unspecified atom stereocenters. The van der Waals surface area contributed by atoms with Crippen molar-refractivity contribution in [2.75, 3.05) is 0 Å². The summed E-state index contributed by atoms with van der Waals surface area (Å²) in [4.78, 5) is 0. The van der Waals surface area contributed by atoms with Crippen molar-refractivity contribution in [1.82, 2.24) is 10.2 Å². The lowest BCUT2D eigenvalue weighted by Crippen LogP contribution is -2.11. The Morgan fingerprint density at radius 3 is 2.74 bits per heavy atom. The van der Waals surface area contributed by atoms with E-state index in [1.807, 2.05) is 0 Å². The standard InChI is InChI=1S/C13H14F4N2/c1-8(5-6-13(15,16)17)7-9-3-2-4-10-11(9)12(14)19-18-10/h2-4,8H,5-7H2,1H3,(H,18,19)/t8-/m0/s1. The highest BCUT2D eigenvalue weighted by molar-refractivity contribution is 5.82. The monoisotopic (exact) mass is 274 g/mol. The van der Waals surface area contributed by atoms with Crippen molar-refractivity contribution in [2.24, 2.45) is 5.92 Å². The molecule has 1 aromatic carbocycles. The van der Waals surface area contributed by atoms with E-state index in [1.165, 1.54) is 0 Å². The molecule has 0 saturated heterocycles. The lowest BCUT2D eigenvalue weighted by molar-refractivity contribution is -0.137. The van der Waals surface area contributed by atoms with Crippen LogP contribution in [0.3, 0.4) is 0 Å². The number of H-pyrrole nitrogens is 1. The molecular weight excluding hydrogens is 260 g/mol. The molecular formula is C13H14F4N2. The second-order valence-electron chi connectivity index (χ2n) is 4.81. The minimum absolute atomic E-state index is 0.0410. The summed E-state index contributed by atoms with van der Waals surface area (Å²) in [6.45, 7) is 1.74. The van der Waals surface area contributed by atoms with Gasteiger partial charge in [0.25, 0.3) is 0 Å². The Hall–Kier alpha value is -1.59. The van der Waals surface area contributed by atoms with Crippen LogP contribution in [0.1, 0.15) is 25.3 Å². The molecule has 1 heterocycles. The number of aromatic nitrogens is 2. The zero-order valence-corrected chi connectivity index (χ0v) is 10.4. The maximum atomic E-state index is 13.5. The molecule has 0 amide bonds. The molecule has 0 aliphatic heterocycles. The van der Waals surface area contributed by atoms with Gasteiger partial charge in [-0.05, 0) is 30.4 Å². The Morgan fingerprint density at radius 2 is 2.05 bits per heavy atom. The van der Waals surface area contributed by atoms with E-state index in [2.05, 4.69) is 10.2 Å². The van der Waals surface area contributed by atoms with E-state index in [0.29, 0.717) is 22.9 Å². The molecule has 0 saturated carbocycles. The van der Waals surface area contributed by atoms with Gasteiger partial charge in [-0.2, -0.15) is 22.7 Å². The summed E-state index contributed by atoms with van der Waals surface area (Å²) >= 11 is 0. The number of nitrogens with one attached hydrogen (secondary N) is 1. The van der Waals surface area contributed by atoms with Crippen molar-refractivity contribution >= 4 is 10.9 Å². The molecule has 104 valence electrons. The molecule has 6 heteroatoms. The molecule has 2 nitrogen and oxygen atoms in total. The van der Waals surface area contributed by atoms with Crippen molar-refractivity contribution in [3.8, 4) is 0 Å². The molecule has 1 N–H and O–H groups in total. The second kappa shape index (κ2) is 5.19. The Balaban J connectivity index is 2.11. The van der Waals surface area contributed by atoms with Crippen LogP contribution >= 0.6 is 0 Å². The van der Waals surface area contributed by atoms with E-state index in [4.69, 9.17) is 0 Å². The quantitative estimate of drug-likeness (QED) is 0.831. The second-order valence-corrected chi connectivity index (χ2v) is 4.81. The molecule has 2 rings (SSSR count). The molecule has 1 atom stereocenters. The Morgan fingerprint density at radius 1 is 1.32 bits per heavy atom. The fraction of sp³-hybridized carbons (Fsp3) is 0.462. The average molecular weight is 274 g/mol. The lowest BCUT2D eigenvalue weighted by atomic mass is 9.94. The molecule has 0 bridgehead atoms. The molecule has 2 aromatic rings. The third-order valence-corrected chi connectivity index (χ3v) is 3.11. The average Bonchev–Trinajstić information content (AvgIpc) is 2.69. The number of aromatic amines is 1. The smallest absolute Gasteiger partial charge is 0.252 e. The maximum absolute atomic E-state index is 13.5. The number of benzene rings is 1. The lowest BCUT2D eigenvalue weighted by Gasteiger charge is -2.13. The Bertz CT molecular complexity index is 559. The van der Waals surface area contributed by atoms with Crippen LogP contribution in [0.15, 0.2) is 18.2 Å². The summed E-state index contributed by atoms with van der Waals surface area (Å²) in [6, 6.07) is 5.12. The highest BCUT2D eigenvalue weighted by Crippen LogP contribution is 2.27. The van der Waals surface area contributed by atoms with Gasteiger partial charge in [-0.15, -0.1) is 0 Å². The normalized spacial score (nSPS) is 13.9. The predicted octanol–water partition coefficient (Wildman–Crippen LogP) is 4.22. The minimum atomic E-state index is -4.14. The fourth-order valence-corrected chi connectivity index (χ4v) is 2.16. The van der Waals surface area contributed by atoms with Crippen molar-refractivity contribution in [1.29, 1.82) is 0 Å². The zero-order chi connectivity index (χ0) is 14.0. The van der Waals surface area contributed by atoms with E-state index in [9.17, 15) is 17.6 Å². The van der Waals surface area contributed by atoms with Crippen molar-refractivity contribution in [3.63, 3.8) is 0 Å². The SMILES string of the molecule is C[C@@H](CCC(F)(F)F)Cc1cccc2n[nH]c(F)c12. The summed E-state index contributed by atoms with van der Waals surface area (Å²) < 4.78 is 50.0. The van der Waals surface area contributed by atoms with Crippen molar-refractivity contribution < 1.29 is 17.6 Å². The van der Waals surface area contributed by atoms with Gasteiger partial charge in [0.2, 0.25) is 5.95 Å². The summed E-state index contributed by atoms with van der Waals surface area (Å²) in [7, 11) is 0. The van der Waals surface area contributed by atoms with Gasteiger partial charge >= 0.3 is 6.18 Å². The third kappa shape index (κ3) is 3.45. The molecule has 0 aliphatic carbocycles. The molecule has 1 aromatic heterocycles. The largest absolute Gasteiger partial charge is 0.389 e. The summed E-state index contributed by atoms with van der Waals surface area (Å²) in [5.74, 6) is -0.699. The first-order chi connectivity index (χ1) is 8.87. The number of rotatable bonds is 4. The van der Waals surface area contributed by atoms with Crippen LogP contribution in [0.25, 0.3) is 10.9 Å². The van der Waals surface area contributed by atoms with E-state index >= 15 is 0 Å². The van der Waals surface area contributed by atoms with Gasteiger partial charge < -0.3 is 0 Å². The first-order valence-electron chi connectivity index (χ1n) is 6.05. The number of alkyl halides is 3. The van der Waals surface area contributed by atoms with Crippen molar-refractivity contribution in [2.45, 2.75) is 32.4 Å². The van der Waals surface area contributed by atoms with Gasteiger partial charge in [0.15, 0.2) is 0 Å². The van der Waals surface area contributed by atoms with Gasteiger partial charge in [-0.3, -0.25) is 5.10 Å². The number of fused-ring (bicyclic) bond motifs is 1. The van der Waals surface area contributed by atoms with E-state index in [1.54, 1.807) is 25.1 Å². The minimum Gasteiger partial charge on any atom is -0.252 e. The third-order valence-electron chi connectivity index (χ3n) is 3.11. The zero-order valence-electron chi connectivity index (χ0n) is 10.4. The Kier molecular flexibility index (Phi) is 3.78. The maximum Gasteiger partial charge on any atom is 0.389 e. The van der Waals surface area contributed by atoms with Crippen LogP contribution in [-0.2, 0) is 6.42 Å². The summed E-state index contributed by atoms with van der Waals surface area (Å²) in [6.07, 6.45) is -4.50. The van der Waals surface area contributed by atoms with Gasteiger partial charge in [0, 0.05) is 6.42 Å².